The van der Waals surface area contributed by atoms with E-state index in [1.807, 2.05) is 38.1 Å². The SMILES string of the molecule is CCNC(=NCC(C)Oc1cccc(OC)c1)NCCNC(=O)c1cccnc1.I. The number of hydrogen-bond acceptors (Lipinski definition) is 5. The van der Waals surface area contributed by atoms with Crippen LogP contribution in [0.2, 0.25) is 0 Å². The third-order valence-corrected chi connectivity index (χ3v) is 3.86. The molecule has 1 amide bonds. The first kappa shape index (κ1) is 25.5. The van der Waals surface area contributed by atoms with Crippen molar-refractivity contribution in [3.63, 3.8) is 0 Å². The number of ether oxygens (including phenoxy) is 2. The Morgan fingerprint density at radius 2 is 1.90 bits per heavy atom. The number of methoxy groups -OCH3 is 1. The molecule has 30 heavy (non-hydrogen) atoms. The van der Waals surface area contributed by atoms with Crippen molar-refractivity contribution in [2.24, 2.45) is 4.99 Å². The first-order valence-electron chi connectivity index (χ1n) is 9.63. The van der Waals surface area contributed by atoms with Crippen LogP contribution >= 0.6 is 24.0 Å². The third kappa shape index (κ3) is 9.29. The van der Waals surface area contributed by atoms with E-state index >= 15 is 0 Å². The van der Waals surface area contributed by atoms with Crippen molar-refractivity contribution in [3.05, 3.63) is 54.4 Å². The van der Waals surface area contributed by atoms with Crippen molar-refractivity contribution < 1.29 is 14.3 Å². The molecule has 0 radical (unpaired) electrons. The standard InChI is InChI=1S/C21H29N5O3.HI/c1-4-23-21(25-12-11-24-20(27)17-7-6-10-22-15-17)26-14-16(2)29-19-9-5-8-18(13-19)28-3;/h5-10,13,15-16H,4,11-12,14H2,1-3H3,(H,24,27)(H2,23,25,26);1H. The van der Waals surface area contributed by atoms with Crippen LogP contribution in [0.15, 0.2) is 53.8 Å². The fourth-order valence-corrected chi connectivity index (χ4v) is 2.46. The molecule has 0 saturated carbocycles. The fourth-order valence-electron chi connectivity index (χ4n) is 2.46. The summed E-state index contributed by atoms with van der Waals surface area (Å²) in [5.41, 5.74) is 0.539. The maximum absolute atomic E-state index is 12.0. The average molecular weight is 527 g/mol. The van der Waals surface area contributed by atoms with Crippen LogP contribution in [0.1, 0.15) is 24.2 Å². The molecule has 0 saturated heterocycles. The van der Waals surface area contributed by atoms with E-state index in [9.17, 15) is 4.79 Å². The van der Waals surface area contributed by atoms with Gasteiger partial charge in [0.15, 0.2) is 5.96 Å². The van der Waals surface area contributed by atoms with Crippen molar-refractivity contribution in [2.75, 3.05) is 33.3 Å². The lowest BCUT2D eigenvalue weighted by molar-refractivity contribution is 0.0954. The molecule has 9 heteroatoms. The molecule has 1 heterocycles. The van der Waals surface area contributed by atoms with Gasteiger partial charge in [-0.3, -0.25) is 9.78 Å². The Morgan fingerprint density at radius 1 is 1.13 bits per heavy atom. The Morgan fingerprint density at radius 3 is 2.60 bits per heavy atom. The molecule has 1 aromatic carbocycles. The molecule has 164 valence electrons. The number of aliphatic imine (C=N–C) groups is 1. The largest absolute Gasteiger partial charge is 0.497 e. The lowest BCUT2D eigenvalue weighted by Gasteiger charge is -2.15. The number of hydrogen-bond donors (Lipinski definition) is 3. The number of nitrogens with one attached hydrogen (secondary N) is 3. The van der Waals surface area contributed by atoms with Crippen LogP contribution in [-0.4, -0.2) is 56.2 Å². The van der Waals surface area contributed by atoms with Crippen LogP contribution in [0.25, 0.3) is 0 Å². The Hall–Kier alpha value is -2.56. The first-order valence-corrected chi connectivity index (χ1v) is 9.63. The van der Waals surface area contributed by atoms with E-state index in [1.54, 1.807) is 25.4 Å². The average Bonchev–Trinajstić information content (AvgIpc) is 2.75. The van der Waals surface area contributed by atoms with Gasteiger partial charge in [0.25, 0.3) is 5.91 Å². The summed E-state index contributed by atoms with van der Waals surface area (Å²) in [5, 5.41) is 9.22. The quantitative estimate of drug-likeness (QED) is 0.190. The van der Waals surface area contributed by atoms with E-state index in [0.29, 0.717) is 31.2 Å². The van der Waals surface area contributed by atoms with Gasteiger partial charge in [-0.2, -0.15) is 0 Å². The summed E-state index contributed by atoms with van der Waals surface area (Å²) in [6.07, 6.45) is 3.07. The predicted molar refractivity (Wildman–Crippen MR) is 129 cm³/mol. The molecule has 3 N–H and O–H groups in total. The van der Waals surface area contributed by atoms with Crippen LogP contribution < -0.4 is 25.4 Å². The molecule has 0 spiro atoms. The number of carbonyl (C=O) groups is 1. The number of rotatable bonds is 10. The maximum Gasteiger partial charge on any atom is 0.252 e. The van der Waals surface area contributed by atoms with Gasteiger partial charge in [0.2, 0.25) is 0 Å². The number of guanidine groups is 1. The number of pyridine rings is 1. The minimum absolute atomic E-state index is 0. The summed E-state index contributed by atoms with van der Waals surface area (Å²) < 4.78 is 11.1. The zero-order chi connectivity index (χ0) is 20.9. The summed E-state index contributed by atoms with van der Waals surface area (Å²) in [7, 11) is 1.63. The topological polar surface area (TPSA) is 96.9 Å². The highest BCUT2D eigenvalue weighted by Gasteiger charge is 2.07. The molecular formula is C21H30IN5O3. The van der Waals surface area contributed by atoms with Crippen molar-refractivity contribution in [1.29, 1.82) is 0 Å². The van der Waals surface area contributed by atoms with E-state index < -0.39 is 0 Å². The number of halogens is 1. The van der Waals surface area contributed by atoms with E-state index in [-0.39, 0.29) is 36.0 Å². The molecule has 0 aliphatic carbocycles. The summed E-state index contributed by atoms with van der Waals surface area (Å²) in [6, 6.07) is 10.9. The summed E-state index contributed by atoms with van der Waals surface area (Å²) in [4.78, 5) is 20.5. The lowest BCUT2D eigenvalue weighted by atomic mass is 10.3. The zero-order valence-corrected chi connectivity index (χ0v) is 19.9. The van der Waals surface area contributed by atoms with E-state index in [0.717, 1.165) is 18.0 Å². The number of carbonyl (C=O) groups excluding carboxylic acids is 1. The molecule has 0 aliphatic heterocycles. The zero-order valence-electron chi connectivity index (χ0n) is 17.6. The number of benzene rings is 1. The van der Waals surface area contributed by atoms with Gasteiger partial charge in [0, 0.05) is 38.1 Å². The molecule has 0 aliphatic rings. The molecule has 1 aromatic heterocycles. The maximum atomic E-state index is 12.0. The van der Waals surface area contributed by atoms with Crippen LogP contribution in [0.3, 0.4) is 0 Å². The van der Waals surface area contributed by atoms with Gasteiger partial charge in [0.1, 0.15) is 17.6 Å². The molecule has 0 bridgehead atoms. The Labute approximate surface area is 194 Å². The minimum atomic E-state index is -0.151. The lowest BCUT2D eigenvalue weighted by Crippen LogP contribution is -2.42. The molecule has 8 nitrogen and oxygen atoms in total. The highest BCUT2D eigenvalue weighted by atomic mass is 127. The third-order valence-electron chi connectivity index (χ3n) is 3.86. The van der Waals surface area contributed by atoms with Gasteiger partial charge in [-0.1, -0.05) is 6.07 Å². The van der Waals surface area contributed by atoms with Gasteiger partial charge in [-0.05, 0) is 38.1 Å². The number of aromatic nitrogens is 1. The van der Waals surface area contributed by atoms with E-state index in [1.165, 1.54) is 6.20 Å². The van der Waals surface area contributed by atoms with Crippen LogP contribution in [-0.2, 0) is 0 Å². The van der Waals surface area contributed by atoms with E-state index in [4.69, 9.17) is 9.47 Å². The molecule has 2 rings (SSSR count). The molecular weight excluding hydrogens is 497 g/mol. The van der Waals surface area contributed by atoms with Crippen LogP contribution in [0.5, 0.6) is 11.5 Å². The van der Waals surface area contributed by atoms with Crippen LogP contribution in [0.4, 0.5) is 0 Å². The summed E-state index contributed by atoms with van der Waals surface area (Å²) in [6.45, 7) is 6.18. The molecule has 2 aromatic rings. The predicted octanol–water partition coefficient (Wildman–Crippen LogP) is 2.46. The Bertz CT molecular complexity index is 789. The van der Waals surface area contributed by atoms with Crippen molar-refractivity contribution in [1.82, 2.24) is 20.9 Å². The smallest absolute Gasteiger partial charge is 0.252 e. The van der Waals surface area contributed by atoms with Crippen molar-refractivity contribution in [2.45, 2.75) is 20.0 Å². The van der Waals surface area contributed by atoms with E-state index in [2.05, 4.69) is 25.9 Å². The number of nitrogens with zero attached hydrogens (tertiary/aromatic N) is 2. The highest BCUT2D eigenvalue weighted by Crippen LogP contribution is 2.19. The Kier molecular flexibility index (Phi) is 12.3. The Balaban J connectivity index is 0.00000450. The summed E-state index contributed by atoms with van der Waals surface area (Å²) in [5.74, 6) is 2.01. The van der Waals surface area contributed by atoms with Gasteiger partial charge < -0.3 is 25.4 Å². The van der Waals surface area contributed by atoms with Gasteiger partial charge in [0.05, 0.1) is 19.2 Å². The number of amides is 1. The monoisotopic (exact) mass is 527 g/mol. The summed E-state index contributed by atoms with van der Waals surface area (Å²) >= 11 is 0. The van der Waals surface area contributed by atoms with Crippen LogP contribution in [0, 0.1) is 0 Å². The second-order valence-corrected chi connectivity index (χ2v) is 6.25. The molecule has 1 atom stereocenters. The van der Waals surface area contributed by atoms with Gasteiger partial charge in [-0.25, -0.2) is 4.99 Å². The van der Waals surface area contributed by atoms with Crippen molar-refractivity contribution in [3.8, 4) is 11.5 Å². The fraction of sp³-hybridized carbons (Fsp3) is 0.381. The van der Waals surface area contributed by atoms with Gasteiger partial charge >= 0.3 is 0 Å². The second-order valence-electron chi connectivity index (χ2n) is 6.25. The second kappa shape index (κ2) is 14.4. The van der Waals surface area contributed by atoms with Gasteiger partial charge in [-0.15, -0.1) is 24.0 Å². The van der Waals surface area contributed by atoms with Crippen molar-refractivity contribution >= 4 is 35.8 Å². The molecule has 0 fully saturated rings. The highest BCUT2D eigenvalue weighted by molar-refractivity contribution is 14.0. The first-order chi connectivity index (χ1) is 14.1. The normalized spacial score (nSPS) is 11.6. The molecule has 1 unspecified atom stereocenters. The minimum Gasteiger partial charge on any atom is -0.497 e.